The largest absolute Gasteiger partial charge is 0.322 e. The first-order valence-electron chi connectivity index (χ1n) is 8.72. The number of fused-ring (bicyclic) bond motifs is 2. The summed E-state index contributed by atoms with van der Waals surface area (Å²) in [6, 6.07) is 5.46. The first-order chi connectivity index (χ1) is 12.0. The first-order valence-corrected chi connectivity index (χ1v) is 8.72. The van der Waals surface area contributed by atoms with E-state index in [2.05, 4.69) is 5.32 Å². The van der Waals surface area contributed by atoms with E-state index in [1.807, 2.05) is 4.90 Å². The third-order valence-corrected chi connectivity index (χ3v) is 5.49. The van der Waals surface area contributed by atoms with Crippen LogP contribution in [0.2, 0.25) is 0 Å². The molecule has 3 heterocycles. The number of imide groups is 1. The molecular weight excluding hydrogens is 325 g/mol. The van der Waals surface area contributed by atoms with Crippen molar-refractivity contribution in [1.82, 2.24) is 9.80 Å². The monoisotopic (exact) mass is 345 g/mol. The molecule has 2 unspecified atom stereocenters. The predicted octanol–water partition coefficient (Wildman–Crippen LogP) is 2.50. The van der Waals surface area contributed by atoms with Crippen molar-refractivity contribution in [3.63, 3.8) is 0 Å². The van der Waals surface area contributed by atoms with Crippen LogP contribution in [0.25, 0.3) is 0 Å². The SMILES string of the molecule is O=C1CCC(=O)N1C1CC2CCC(C1)N2C(=O)Nc1ccc(F)cc1. The number of halogens is 1. The van der Waals surface area contributed by atoms with Crippen LogP contribution in [0.1, 0.15) is 38.5 Å². The maximum atomic E-state index is 13.0. The van der Waals surface area contributed by atoms with Gasteiger partial charge in [-0.2, -0.15) is 0 Å². The minimum atomic E-state index is -0.348. The Hall–Kier alpha value is -2.44. The average molecular weight is 345 g/mol. The van der Waals surface area contributed by atoms with Crippen LogP contribution in [0.5, 0.6) is 0 Å². The fraction of sp³-hybridized carbons (Fsp3) is 0.500. The standard InChI is InChI=1S/C18H20FN3O3/c19-11-1-3-12(4-2-11)20-18(25)21-13-5-6-14(21)10-15(9-13)22-16(23)7-8-17(22)24/h1-4,13-15H,5-10H2,(H,20,25). The van der Waals surface area contributed by atoms with Crippen molar-refractivity contribution >= 4 is 23.5 Å². The average Bonchev–Trinajstić information content (AvgIpc) is 3.06. The minimum absolute atomic E-state index is 0.0328. The number of rotatable bonds is 2. The van der Waals surface area contributed by atoms with Gasteiger partial charge in [0.2, 0.25) is 11.8 Å². The van der Waals surface area contributed by atoms with Crippen LogP contribution in [-0.4, -0.2) is 45.8 Å². The van der Waals surface area contributed by atoms with Gasteiger partial charge in [-0.3, -0.25) is 14.5 Å². The Bertz CT molecular complexity index is 691. The molecule has 0 aliphatic carbocycles. The summed E-state index contributed by atoms with van der Waals surface area (Å²) in [6.45, 7) is 0. The fourth-order valence-corrected chi connectivity index (χ4v) is 4.41. The van der Waals surface area contributed by atoms with Crippen molar-refractivity contribution in [2.75, 3.05) is 5.32 Å². The van der Waals surface area contributed by atoms with Gasteiger partial charge in [0.05, 0.1) is 0 Å². The number of carbonyl (C=O) groups excluding carboxylic acids is 3. The van der Waals surface area contributed by atoms with Crippen LogP contribution in [-0.2, 0) is 9.59 Å². The van der Waals surface area contributed by atoms with Crippen LogP contribution < -0.4 is 5.32 Å². The minimum Gasteiger partial charge on any atom is -0.318 e. The number of nitrogens with one attached hydrogen (secondary N) is 1. The fourth-order valence-electron chi connectivity index (χ4n) is 4.41. The molecule has 1 N–H and O–H groups in total. The van der Waals surface area contributed by atoms with Crippen LogP contribution in [0.15, 0.2) is 24.3 Å². The van der Waals surface area contributed by atoms with Crippen molar-refractivity contribution < 1.29 is 18.8 Å². The van der Waals surface area contributed by atoms with Crippen molar-refractivity contribution in [3.05, 3.63) is 30.1 Å². The lowest BCUT2D eigenvalue weighted by Crippen LogP contribution is -2.54. The number of benzene rings is 1. The molecule has 132 valence electrons. The topological polar surface area (TPSA) is 69.7 Å². The summed E-state index contributed by atoms with van der Waals surface area (Å²) in [6.07, 6.45) is 3.66. The summed E-state index contributed by atoms with van der Waals surface area (Å²) in [4.78, 5) is 39.9. The Labute approximate surface area is 145 Å². The molecule has 3 aliphatic rings. The molecular formula is C18H20FN3O3. The number of piperidine rings is 1. The molecule has 3 aliphatic heterocycles. The molecule has 1 aromatic rings. The van der Waals surface area contributed by atoms with E-state index in [-0.39, 0.29) is 41.8 Å². The maximum Gasteiger partial charge on any atom is 0.322 e. The highest BCUT2D eigenvalue weighted by atomic mass is 19.1. The molecule has 6 nitrogen and oxygen atoms in total. The highest BCUT2D eigenvalue weighted by molar-refractivity contribution is 6.02. The second-order valence-corrected chi connectivity index (χ2v) is 7.01. The number of anilines is 1. The lowest BCUT2D eigenvalue weighted by atomic mass is 9.96. The van der Waals surface area contributed by atoms with Gasteiger partial charge in [0.15, 0.2) is 0 Å². The van der Waals surface area contributed by atoms with Crippen LogP contribution in [0, 0.1) is 5.82 Å². The number of likely N-dealkylation sites (tertiary alicyclic amines) is 1. The molecule has 2 bridgehead atoms. The van der Waals surface area contributed by atoms with Gasteiger partial charge in [0.25, 0.3) is 0 Å². The maximum absolute atomic E-state index is 13.0. The Morgan fingerprint density at radius 1 is 0.960 bits per heavy atom. The quantitative estimate of drug-likeness (QED) is 0.837. The Morgan fingerprint density at radius 3 is 2.08 bits per heavy atom. The Morgan fingerprint density at radius 2 is 1.52 bits per heavy atom. The van der Waals surface area contributed by atoms with E-state index in [1.165, 1.54) is 29.2 Å². The summed E-state index contributed by atoms with van der Waals surface area (Å²) >= 11 is 0. The number of urea groups is 1. The second-order valence-electron chi connectivity index (χ2n) is 7.01. The lowest BCUT2D eigenvalue weighted by Gasteiger charge is -2.41. The molecule has 3 saturated heterocycles. The molecule has 3 fully saturated rings. The van der Waals surface area contributed by atoms with Crippen molar-refractivity contribution in [2.24, 2.45) is 0 Å². The summed E-state index contributed by atoms with van der Waals surface area (Å²) in [7, 11) is 0. The molecule has 0 radical (unpaired) electrons. The van der Waals surface area contributed by atoms with Crippen molar-refractivity contribution in [3.8, 4) is 0 Å². The Kier molecular flexibility index (Phi) is 3.94. The third-order valence-electron chi connectivity index (χ3n) is 5.49. The number of hydrogen-bond acceptors (Lipinski definition) is 3. The summed E-state index contributed by atoms with van der Waals surface area (Å²) in [5.41, 5.74) is 0.554. The van der Waals surface area contributed by atoms with Gasteiger partial charge < -0.3 is 10.2 Å². The van der Waals surface area contributed by atoms with Gasteiger partial charge in [-0.1, -0.05) is 0 Å². The summed E-state index contributed by atoms with van der Waals surface area (Å²) < 4.78 is 13.0. The molecule has 0 saturated carbocycles. The molecule has 4 rings (SSSR count). The van der Waals surface area contributed by atoms with E-state index in [9.17, 15) is 18.8 Å². The van der Waals surface area contributed by atoms with Gasteiger partial charge in [-0.25, -0.2) is 9.18 Å². The number of amides is 4. The van der Waals surface area contributed by atoms with Crippen LogP contribution in [0.4, 0.5) is 14.9 Å². The van der Waals surface area contributed by atoms with E-state index in [0.29, 0.717) is 31.4 Å². The zero-order chi connectivity index (χ0) is 17.6. The van der Waals surface area contributed by atoms with E-state index >= 15 is 0 Å². The molecule has 1 aromatic carbocycles. The third kappa shape index (κ3) is 2.88. The van der Waals surface area contributed by atoms with E-state index in [0.717, 1.165) is 12.8 Å². The zero-order valence-electron chi connectivity index (χ0n) is 13.8. The molecule has 0 aromatic heterocycles. The van der Waals surface area contributed by atoms with Gasteiger partial charge in [0.1, 0.15) is 5.82 Å². The van der Waals surface area contributed by atoms with Gasteiger partial charge >= 0.3 is 6.03 Å². The smallest absolute Gasteiger partial charge is 0.318 e. The molecule has 2 atom stereocenters. The second kappa shape index (κ2) is 6.13. The Balaban J connectivity index is 1.45. The molecule has 0 spiro atoms. The molecule has 25 heavy (non-hydrogen) atoms. The summed E-state index contributed by atoms with van der Waals surface area (Å²) in [5.74, 6) is -0.518. The predicted molar refractivity (Wildman–Crippen MR) is 88.2 cm³/mol. The highest BCUT2D eigenvalue weighted by Crippen LogP contribution is 2.39. The van der Waals surface area contributed by atoms with Gasteiger partial charge in [0, 0.05) is 36.7 Å². The van der Waals surface area contributed by atoms with E-state index < -0.39 is 0 Å². The normalized spacial score (nSPS) is 28.6. The van der Waals surface area contributed by atoms with Gasteiger partial charge in [-0.15, -0.1) is 0 Å². The van der Waals surface area contributed by atoms with Gasteiger partial charge in [-0.05, 0) is 49.9 Å². The highest BCUT2D eigenvalue weighted by Gasteiger charge is 2.47. The van der Waals surface area contributed by atoms with Crippen molar-refractivity contribution in [1.29, 1.82) is 0 Å². The van der Waals surface area contributed by atoms with E-state index in [1.54, 1.807) is 0 Å². The van der Waals surface area contributed by atoms with Crippen molar-refractivity contribution in [2.45, 2.75) is 56.7 Å². The number of carbonyl (C=O) groups is 3. The first kappa shape index (κ1) is 16.1. The number of hydrogen-bond donors (Lipinski definition) is 1. The van der Waals surface area contributed by atoms with Crippen LogP contribution >= 0.6 is 0 Å². The molecule has 4 amide bonds. The zero-order valence-corrected chi connectivity index (χ0v) is 13.8. The number of nitrogens with zero attached hydrogens (tertiary/aromatic N) is 2. The lowest BCUT2D eigenvalue weighted by molar-refractivity contribution is -0.142. The van der Waals surface area contributed by atoms with E-state index in [4.69, 9.17) is 0 Å². The van der Waals surface area contributed by atoms with Crippen LogP contribution in [0.3, 0.4) is 0 Å². The summed E-state index contributed by atoms with van der Waals surface area (Å²) in [5, 5.41) is 2.81. The molecule has 7 heteroatoms.